The third kappa shape index (κ3) is 4.13. The first kappa shape index (κ1) is 19.0. The highest BCUT2D eigenvalue weighted by Gasteiger charge is 2.31. The van der Waals surface area contributed by atoms with Crippen LogP contribution >= 0.6 is 0 Å². The van der Waals surface area contributed by atoms with Gasteiger partial charge in [-0.25, -0.2) is 12.8 Å². The van der Waals surface area contributed by atoms with Crippen molar-refractivity contribution >= 4 is 27.3 Å². The molecule has 7 nitrogen and oxygen atoms in total. The molecule has 0 unspecified atom stereocenters. The van der Waals surface area contributed by atoms with Crippen molar-refractivity contribution in [3.63, 3.8) is 0 Å². The quantitative estimate of drug-likeness (QED) is 0.842. The molecule has 1 aliphatic rings. The first-order chi connectivity index (χ1) is 12.8. The zero-order chi connectivity index (χ0) is 19.6. The Kier molecular flexibility index (Phi) is 5.22. The van der Waals surface area contributed by atoms with E-state index in [0.29, 0.717) is 30.4 Å². The number of fused-ring (bicyclic) bond motifs is 1. The van der Waals surface area contributed by atoms with Crippen LogP contribution in [0.3, 0.4) is 0 Å². The lowest BCUT2D eigenvalue weighted by Crippen LogP contribution is -2.45. The molecule has 1 N–H and O–H groups in total. The summed E-state index contributed by atoms with van der Waals surface area (Å²) < 4.78 is 50.2. The Morgan fingerprint density at radius 1 is 1.15 bits per heavy atom. The molecule has 0 aromatic heterocycles. The Labute approximate surface area is 156 Å². The minimum atomic E-state index is -3.90. The largest absolute Gasteiger partial charge is 0.486 e. The fourth-order valence-corrected chi connectivity index (χ4v) is 3.95. The third-order valence-corrected chi connectivity index (χ3v) is 5.22. The number of hydrogen-bond acceptors (Lipinski definition) is 5. The van der Waals surface area contributed by atoms with Gasteiger partial charge in [-0.2, -0.15) is 0 Å². The molecule has 0 saturated heterocycles. The van der Waals surface area contributed by atoms with Crippen LogP contribution in [0, 0.1) is 5.82 Å². The maximum Gasteiger partial charge on any atom is 0.247 e. The van der Waals surface area contributed by atoms with Crippen molar-refractivity contribution in [1.29, 1.82) is 0 Å². The van der Waals surface area contributed by atoms with Crippen LogP contribution in [0.5, 0.6) is 11.5 Å². The summed E-state index contributed by atoms with van der Waals surface area (Å²) in [6, 6.07) is 9.08. The smallest absolute Gasteiger partial charge is 0.247 e. The molecule has 27 heavy (non-hydrogen) atoms. The molecule has 0 radical (unpaired) electrons. The van der Waals surface area contributed by atoms with Crippen molar-refractivity contribution in [1.82, 2.24) is 0 Å². The van der Waals surface area contributed by atoms with Crippen LogP contribution in [0.15, 0.2) is 42.5 Å². The SMILES string of the molecule is C[C@H](C(=O)Nc1ccc2c(c1)OCCO2)N(c1ccccc1F)S(C)(=O)=O. The molecule has 0 spiro atoms. The topological polar surface area (TPSA) is 84.9 Å². The van der Waals surface area contributed by atoms with E-state index in [4.69, 9.17) is 9.47 Å². The standard InChI is InChI=1S/C18H19FN2O5S/c1-12(21(27(2,23)24)15-6-4-3-5-14(15)19)18(22)20-13-7-8-16-17(11-13)26-10-9-25-16/h3-8,11-12H,9-10H2,1-2H3,(H,20,22)/t12-/m1/s1. The summed E-state index contributed by atoms with van der Waals surface area (Å²) >= 11 is 0. The van der Waals surface area contributed by atoms with E-state index in [1.54, 1.807) is 18.2 Å². The molecule has 2 aromatic carbocycles. The van der Waals surface area contributed by atoms with Crippen LogP contribution < -0.4 is 19.1 Å². The first-order valence-corrected chi connectivity index (χ1v) is 10.1. The average Bonchev–Trinajstić information content (AvgIpc) is 2.62. The van der Waals surface area contributed by atoms with Crippen LogP contribution in [0.4, 0.5) is 15.8 Å². The fraction of sp³-hybridized carbons (Fsp3) is 0.278. The van der Waals surface area contributed by atoms with Crippen molar-refractivity contribution in [2.24, 2.45) is 0 Å². The van der Waals surface area contributed by atoms with Crippen LogP contribution in [0.2, 0.25) is 0 Å². The van der Waals surface area contributed by atoms with E-state index >= 15 is 0 Å². The van der Waals surface area contributed by atoms with Crippen molar-refractivity contribution in [3.8, 4) is 11.5 Å². The minimum Gasteiger partial charge on any atom is -0.486 e. The maximum atomic E-state index is 14.1. The maximum absolute atomic E-state index is 14.1. The summed E-state index contributed by atoms with van der Waals surface area (Å²) in [6.45, 7) is 2.23. The van der Waals surface area contributed by atoms with Crippen molar-refractivity contribution in [2.75, 3.05) is 29.1 Å². The second-order valence-corrected chi connectivity index (χ2v) is 7.89. The molecule has 144 valence electrons. The molecule has 9 heteroatoms. The monoisotopic (exact) mass is 394 g/mol. The van der Waals surface area contributed by atoms with Gasteiger partial charge in [0.05, 0.1) is 11.9 Å². The lowest BCUT2D eigenvalue weighted by molar-refractivity contribution is -0.116. The molecule has 1 amide bonds. The molecule has 0 saturated carbocycles. The van der Waals surface area contributed by atoms with E-state index in [1.807, 2.05) is 0 Å². The molecular formula is C18H19FN2O5S. The van der Waals surface area contributed by atoms with Gasteiger partial charge >= 0.3 is 0 Å². The number of amides is 1. The average molecular weight is 394 g/mol. The molecule has 2 aromatic rings. The Bertz CT molecular complexity index is 964. The summed E-state index contributed by atoms with van der Waals surface area (Å²) in [5, 5.41) is 2.63. The van der Waals surface area contributed by atoms with E-state index in [9.17, 15) is 17.6 Å². The lowest BCUT2D eigenvalue weighted by atomic mass is 10.2. The highest BCUT2D eigenvalue weighted by Crippen LogP contribution is 2.33. The van der Waals surface area contributed by atoms with E-state index in [2.05, 4.69) is 5.32 Å². The summed E-state index contributed by atoms with van der Waals surface area (Å²) in [7, 11) is -3.90. The summed E-state index contributed by atoms with van der Waals surface area (Å²) in [5.74, 6) is -0.292. The van der Waals surface area contributed by atoms with Crippen LogP contribution in [-0.2, 0) is 14.8 Å². The number of nitrogens with zero attached hydrogens (tertiary/aromatic N) is 1. The van der Waals surface area contributed by atoms with Crippen LogP contribution in [0.1, 0.15) is 6.92 Å². The highest BCUT2D eigenvalue weighted by atomic mass is 32.2. The van der Waals surface area contributed by atoms with Crippen molar-refractivity contribution < 1.29 is 27.1 Å². The van der Waals surface area contributed by atoms with E-state index in [1.165, 1.54) is 25.1 Å². The second-order valence-electron chi connectivity index (χ2n) is 6.03. The third-order valence-electron chi connectivity index (χ3n) is 3.99. The van der Waals surface area contributed by atoms with Gasteiger partial charge in [0.1, 0.15) is 25.1 Å². The number of halogens is 1. The van der Waals surface area contributed by atoms with Gasteiger partial charge < -0.3 is 14.8 Å². The van der Waals surface area contributed by atoms with Gasteiger partial charge in [0.15, 0.2) is 11.5 Å². The van der Waals surface area contributed by atoms with Crippen molar-refractivity contribution in [3.05, 3.63) is 48.3 Å². The molecule has 0 fully saturated rings. The number of para-hydroxylation sites is 1. The Morgan fingerprint density at radius 3 is 2.48 bits per heavy atom. The zero-order valence-electron chi connectivity index (χ0n) is 14.8. The van der Waals surface area contributed by atoms with E-state index < -0.39 is 27.8 Å². The van der Waals surface area contributed by atoms with Gasteiger partial charge in [-0.05, 0) is 31.2 Å². The summed E-state index contributed by atoms with van der Waals surface area (Å²) in [6.07, 6.45) is 0.924. The Morgan fingerprint density at radius 2 is 1.81 bits per heavy atom. The normalized spacial score (nSPS) is 14.3. The van der Waals surface area contributed by atoms with E-state index in [0.717, 1.165) is 16.6 Å². The number of hydrogen-bond donors (Lipinski definition) is 1. The lowest BCUT2D eigenvalue weighted by Gasteiger charge is -2.28. The number of rotatable bonds is 5. The van der Waals surface area contributed by atoms with Gasteiger partial charge in [-0.1, -0.05) is 12.1 Å². The van der Waals surface area contributed by atoms with Crippen molar-refractivity contribution in [2.45, 2.75) is 13.0 Å². The molecule has 0 bridgehead atoms. The van der Waals surface area contributed by atoms with Gasteiger partial charge in [-0.15, -0.1) is 0 Å². The second kappa shape index (κ2) is 7.43. The molecule has 1 heterocycles. The molecule has 3 rings (SSSR count). The first-order valence-electron chi connectivity index (χ1n) is 8.22. The number of carbonyl (C=O) groups excluding carboxylic acids is 1. The highest BCUT2D eigenvalue weighted by molar-refractivity contribution is 7.92. The van der Waals surface area contributed by atoms with Crippen LogP contribution in [0.25, 0.3) is 0 Å². The number of benzene rings is 2. The number of sulfonamides is 1. The number of nitrogens with one attached hydrogen (secondary N) is 1. The number of carbonyl (C=O) groups is 1. The molecule has 0 aliphatic carbocycles. The van der Waals surface area contributed by atoms with Crippen LogP contribution in [-0.4, -0.2) is 39.8 Å². The number of anilines is 2. The van der Waals surface area contributed by atoms with Gasteiger partial charge in [0.25, 0.3) is 0 Å². The molecular weight excluding hydrogens is 375 g/mol. The predicted octanol–water partition coefficient (Wildman–Crippen LogP) is 2.39. The van der Waals surface area contributed by atoms with Gasteiger partial charge in [0, 0.05) is 11.8 Å². The Hall–Kier alpha value is -2.81. The van der Waals surface area contributed by atoms with Gasteiger partial charge in [0.2, 0.25) is 15.9 Å². The molecule has 1 aliphatic heterocycles. The van der Waals surface area contributed by atoms with E-state index in [-0.39, 0.29) is 5.69 Å². The van der Waals surface area contributed by atoms with Gasteiger partial charge in [-0.3, -0.25) is 9.10 Å². The zero-order valence-corrected chi connectivity index (χ0v) is 15.6. The Balaban J connectivity index is 1.85. The predicted molar refractivity (Wildman–Crippen MR) is 99.2 cm³/mol. The number of ether oxygens (including phenoxy) is 2. The summed E-state index contributed by atoms with van der Waals surface area (Å²) in [4.78, 5) is 12.6. The summed E-state index contributed by atoms with van der Waals surface area (Å²) in [5.41, 5.74) is 0.225. The minimum absolute atomic E-state index is 0.190. The molecule has 1 atom stereocenters. The fourth-order valence-electron chi connectivity index (χ4n) is 2.78.